The molecule has 1 aromatic heterocycles. The van der Waals surface area contributed by atoms with Crippen molar-refractivity contribution in [3.05, 3.63) is 48.3 Å². The third-order valence-corrected chi connectivity index (χ3v) is 5.95. The van der Waals surface area contributed by atoms with Gasteiger partial charge in [-0.3, -0.25) is 14.4 Å². The zero-order valence-electron chi connectivity index (χ0n) is 16.5. The third kappa shape index (κ3) is 4.29. The van der Waals surface area contributed by atoms with E-state index in [-0.39, 0.29) is 24.1 Å². The molecule has 1 aromatic carbocycles. The Kier molecular flexibility index (Phi) is 5.84. The number of hydrogen-bond acceptors (Lipinski definition) is 6. The summed E-state index contributed by atoms with van der Waals surface area (Å²) in [7, 11) is 1.73. The van der Waals surface area contributed by atoms with Crippen molar-refractivity contribution in [3.63, 3.8) is 0 Å². The molecule has 2 heterocycles. The Morgan fingerprint density at radius 1 is 1.17 bits per heavy atom. The fourth-order valence-electron chi connectivity index (χ4n) is 4.42. The molecule has 2 fully saturated rings. The molecule has 2 aliphatic rings. The molecule has 1 aliphatic carbocycles. The second kappa shape index (κ2) is 8.52. The number of benzene rings is 1. The van der Waals surface area contributed by atoms with Gasteiger partial charge in [0.1, 0.15) is 23.7 Å². The molecule has 8 heteroatoms. The van der Waals surface area contributed by atoms with Gasteiger partial charge in [-0.25, -0.2) is 0 Å². The molecule has 1 amide bonds. The zero-order valence-corrected chi connectivity index (χ0v) is 16.5. The zero-order chi connectivity index (χ0) is 20.4. The van der Waals surface area contributed by atoms with E-state index < -0.39 is 12.2 Å². The molecule has 3 N–H and O–H groups in total. The molecule has 29 heavy (non-hydrogen) atoms. The molecule has 0 bridgehead atoms. The molecule has 1 saturated heterocycles. The van der Waals surface area contributed by atoms with Crippen molar-refractivity contribution in [2.75, 3.05) is 13.1 Å². The van der Waals surface area contributed by atoms with Crippen LogP contribution in [-0.4, -0.2) is 74.3 Å². The van der Waals surface area contributed by atoms with Crippen molar-refractivity contribution in [2.45, 2.75) is 49.7 Å². The highest BCUT2D eigenvalue weighted by Gasteiger charge is 2.48. The first-order chi connectivity index (χ1) is 14.0. The van der Waals surface area contributed by atoms with Gasteiger partial charge in [-0.1, -0.05) is 18.2 Å². The van der Waals surface area contributed by atoms with Crippen molar-refractivity contribution in [1.82, 2.24) is 20.0 Å². The van der Waals surface area contributed by atoms with Gasteiger partial charge in [-0.15, -0.1) is 0 Å². The van der Waals surface area contributed by atoms with Crippen molar-refractivity contribution in [3.8, 4) is 5.75 Å². The largest absolute Gasteiger partial charge is 0.488 e. The van der Waals surface area contributed by atoms with Gasteiger partial charge < -0.3 is 20.3 Å². The molecule has 4 atom stereocenters. The standard InChI is InChI=1S/C21H28N4O4/c1-24-17(7-10-22-24)21(28)23-16-13-18(29-15-5-3-2-4-6-15)20(27)19(16)25-11-8-14(26)9-12-25/h2-7,10,14,16,18-20,26-27H,8-9,11-13H2,1H3,(H,23,28)/t16-,18-,19+,20+/m1/s1. The summed E-state index contributed by atoms with van der Waals surface area (Å²) in [6.07, 6.45) is 1.94. The summed E-state index contributed by atoms with van der Waals surface area (Å²) >= 11 is 0. The SMILES string of the molecule is Cn1nccc1C(=O)N[C@@H]1C[C@@H](Oc2ccccc2)[C@H](O)[C@H]1N1CCC(O)CC1. The molecule has 0 spiro atoms. The number of nitrogens with zero attached hydrogens (tertiary/aromatic N) is 3. The summed E-state index contributed by atoms with van der Waals surface area (Å²) in [5.74, 6) is 0.479. The lowest BCUT2D eigenvalue weighted by Gasteiger charge is -2.38. The summed E-state index contributed by atoms with van der Waals surface area (Å²) < 4.78 is 7.59. The highest BCUT2D eigenvalue weighted by Crippen LogP contribution is 2.31. The van der Waals surface area contributed by atoms with Gasteiger partial charge in [0.2, 0.25) is 0 Å². The van der Waals surface area contributed by atoms with Crippen molar-refractivity contribution in [2.24, 2.45) is 7.05 Å². The van der Waals surface area contributed by atoms with E-state index in [4.69, 9.17) is 4.74 Å². The molecule has 1 aliphatic heterocycles. The monoisotopic (exact) mass is 400 g/mol. The minimum Gasteiger partial charge on any atom is -0.488 e. The average molecular weight is 400 g/mol. The first-order valence-corrected chi connectivity index (χ1v) is 10.1. The van der Waals surface area contributed by atoms with E-state index in [1.807, 2.05) is 30.3 Å². The number of carbonyl (C=O) groups is 1. The van der Waals surface area contributed by atoms with Crippen LogP contribution in [0, 0.1) is 0 Å². The fraction of sp³-hybridized carbons (Fsp3) is 0.524. The number of amides is 1. The van der Waals surface area contributed by atoms with Crippen LogP contribution in [-0.2, 0) is 7.05 Å². The molecule has 2 aromatic rings. The first kappa shape index (κ1) is 19.9. The molecular formula is C21H28N4O4. The second-order valence-corrected chi connectivity index (χ2v) is 7.87. The minimum atomic E-state index is -0.748. The van der Waals surface area contributed by atoms with Gasteiger partial charge in [-0.2, -0.15) is 5.10 Å². The summed E-state index contributed by atoms with van der Waals surface area (Å²) in [4.78, 5) is 14.9. The normalized spacial score (nSPS) is 28.4. The molecule has 4 rings (SSSR count). The van der Waals surface area contributed by atoms with Crippen LogP contribution in [0.25, 0.3) is 0 Å². The van der Waals surface area contributed by atoms with Gasteiger partial charge in [0.05, 0.1) is 18.2 Å². The van der Waals surface area contributed by atoms with E-state index in [0.717, 1.165) is 0 Å². The van der Waals surface area contributed by atoms with Crippen LogP contribution >= 0.6 is 0 Å². The van der Waals surface area contributed by atoms with Gasteiger partial charge in [0.25, 0.3) is 5.91 Å². The highest BCUT2D eigenvalue weighted by atomic mass is 16.5. The number of carbonyl (C=O) groups excluding carboxylic acids is 1. The van der Waals surface area contributed by atoms with Crippen LogP contribution in [0.2, 0.25) is 0 Å². The van der Waals surface area contributed by atoms with E-state index in [2.05, 4.69) is 15.3 Å². The van der Waals surface area contributed by atoms with Crippen LogP contribution in [0.3, 0.4) is 0 Å². The highest BCUT2D eigenvalue weighted by molar-refractivity contribution is 5.92. The van der Waals surface area contributed by atoms with E-state index in [1.54, 1.807) is 19.3 Å². The van der Waals surface area contributed by atoms with Crippen LogP contribution in [0.5, 0.6) is 5.75 Å². The van der Waals surface area contributed by atoms with E-state index >= 15 is 0 Å². The predicted molar refractivity (Wildman–Crippen MR) is 107 cm³/mol. The van der Waals surface area contributed by atoms with Crippen molar-refractivity contribution in [1.29, 1.82) is 0 Å². The lowest BCUT2D eigenvalue weighted by Crippen LogP contribution is -2.56. The van der Waals surface area contributed by atoms with E-state index in [0.29, 0.717) is 43.8 Å². The third-order valence-electron chi connectivity index (χ3n) is 5.95. The number of hydrogen-bond donors (Lipinski definition) is 3. The van der Waals surface area contributed by atoms with Gasteiger partial charge in [0.15, 0.2) is 0 Å². The summed E-state index contributed by atoms with van der Waals surface area (Å²) in [5, 5.41) is 28.1. The molecule has 8 nitrogen and oxygen atoms in total. The number of likely N-dealkylation sites (tertiary alicyclic amines) is 1. The number of aryl methyl sites for hydroxylation is 1. The number of aliphatic hydroxyl groups excluding tert-OH is 2. The number of rotatable bonds is 5. The second-order valence-electron chi connectivity index (χ2n) is 7.87. The maximum Gasteiger partial charge on any atom is 0.269 e. The Morgan fingerprint density at radius 2 is 1.90 bits per heavy atom. The first-order valence-electron chi connectivity index (χ1n) is 10.1. The molecule has 156 valence electrons. The Labute approximate surface area is 170 Å². The quantitative estimate of drug-likeness (QED) is 0.678. The predicted octanol–water partition coefficient (Wildman–Crippen LogP) is 0.556. The number of nitrogens with one attached hydrogen (secondary N) is 1. The van der Waals surface area contributed by atoms with Crippen molar-refractivity contribution >= 4 is 5.91 Å². The van der Waals surface area contributed by atoms with Gasteiger partial charge >= 0.3 is 0 Å². The molecule has 1 saturated carbocycles. The number of aromatic nitrogens is 2. The van der Waals surface area contributed by atoms with E-state index in [1.165, 1.54) is 4.68 Å². The number of aliphatic hydroxyl groups is 2. The Balaban J connectivity index is 1.52. The van der Waals surface area contributed by atoms with Crippen LogP contribution < -0.4 is 10.1 Å². The Hall–Kier alpha value is -2.42. The maximum atomic E-state index is 12.8. The molecular weight excluding hydrogens is 372 g/mol. The Bertz CT molecular complexity index is 819. The molecule has 0 radical (unpaired) electrons. The minimum absolute atomic E-state index is 0.218. The van der Waals surface area contributed by atoms with E-state index in [9.17, 15) is 15.0 Å². The van der Waals surface area contributed by atoms with Crippen LogP contribution in [0.1, 0.15) is 29.8 Å². The lowest BCUT2D eigenvalue weighted by molar-refractivity contribution is -0.0145. The summed E-state index contributed by atoms with van der Waals surface area (Å²) in [5.41, 5.74) is 0.472. The maximum absolute atomic E-state index is 12.8. The smallest absolute Gasteiger partial charge is 0.269 e. The molecule has 0 unspecified atom stereocenters. The number of ether oxygens (including phenoxy) is 1. The van der Waals surface area contributed by atoms with Crippen LogP contribution in [0.15, 0.2) is 42.6 Å². The van der Waals surface area contributed by atoms with Gasteiger partial charge in [-0.05, 0) is 31.0 Å². The van der Waals surface area contributed by atoms with Crippen molar-refractivity contribution < 1.29 is 19.7 Å². The fourth-order valence-corrected chi connectivity index (χ4v) is 4.42. The lowest BCUT2D eigenvalue weighted by atomic mass is 10.0. The van der Waals surface area contributed by atoms with Gasteiger partial charge in [0, 0.05) is 32.8 Å². The number of piperidine rings is 1. The summed E-state index contributed by atoms with van der Waals surface area (Å²) in [6, 6.07) is 10.6. The van der Waals surface area contributed by atoms with Crippen LogP contribution in [0.4, 0.5) is 0 Å². The Morgan fingerprint density at radius 3 is 2.55 bits per heavy atom. The average Bonchev–Trinajstić information content (AvgIpc) is 3.27. The number of para-hydroxylation sites is 1. The summed E-state index contributed by atoms with van der Waals surface area (Å²) in [6.45, 7) is 1.36. The topological polar surface area (TPSA) is 99.9 Å².